The normalized spacial score (nSPS) is 34.1. The first-order chi connectivity index (χ1) is 7.81. The van der Waals surface area contributed by atoms with Crippen LogP contribution in [0.1, 0.15) is 85.5 Å². The van der Waals surface area contributed by atoms with Crippen molar-refractivity contribution in [1.29, 1.82) is 0 Å². The molecule has 17 heavy (non-hydrogen) atoms. The van der Waals surface area contributed by atoms with Crippen LogP contribution in [-0.4, -0.2) is 4.32 Å². The predicted octanol–water partition coefficient (Wildman–Crippen LogP) is 6.33. The maximum Gasteiger partial charge on any atom is 0.0229 e. The second-order valence-electron chi connectivity index (χ2n) is 7.32. The quantitative estimate of drug-likeness (QED) is 0.459. The summed E-state index contributed by atoms with van der Waals surface area (Å²) in [6.07, 6.45) is 12.7. The summed E-state index contributed by atoms with van der Waals surface area (Å²) in [6.45, 7) is 9.65. The van der Waals surface area contributed by atoms with Crippen LogP contribution in [0.15, 0.2) is 0 Å². The molecule has 1 rings (SSSR count). The summed E-state index contributed by atoms with van der Waals surface area (Å²) in [6, 6.07) is 0. The zero-order valence-electron chi connectivity index (χ0n) is 12.3. The molecule has 1 fully saturated rings. The van der Waals surface area contributed by atoms with Gasteiger partial charge < -0.3 is 0 Å². The molecule has 2 unspecified atom stereocenters. The topological polar surface area (TPSA) is 0 Å². The molecular formula is C16H31Br. The SMILES string of the molecule is CC1(Br)CCCCCCC(C(C)(C)C)CCC1. The Morgan fingerprint density at radius 2 is 1.41 bits per heavy atom. The van der Waals surface area contributed by atoms with Gasteiger partial charge in [0, 0.05) is 4.32 Å². The lowest BCUT2D eigenvalue weighted by molar-refractivity contribution is 0.201. The molecule has 0 aromatic heterocycles. The first-order valence-corrected chi connectivity index (χ1v) is 8.29. The fraction of sp³-hybridized carbons (Fsp3) is 1.00. The van der Waals surface area contributed by atoms with Gasteiger partial charge in [-0.3, -0.25) is 0 Å². The lowest BCUT2D eigenvalue weighted by atomic mass is 9.75. The van der Waals surface area contributed by atoms with E-state index in [0.29, 0.717) is 9.74 Å². The van der Waals surface area contributed by atoms with E-state index in [-0.39, 0.29) is 0 Å². The molecular weight excluding hydrogens is 272 g/mol. The predicted molar refractivity (Wildman–Crippen MR) is 81.8 cm³/mol. The van der Waals surface area contributed by atoms with Gasteiger partial charge in [-0.1, -0.05) is 68.8 Å². The molecule has 0 aliphatic heterocycles. The molecule has 0 heterocycles. The van der Waals surface area contributed by atoms with Crippen LogP contribution in [0.4, 0.5) is 0 Å². The van der Waals surface area contributed by atoms with Gasteiger partial charge in [0.2, 0.25) is 0 Å². The number of hydrogen-bond donors (Lipinski definition) is 0. The monoisotopic (exact) mass is 302 g/mol. The van der Waals surface area contributed by atoms with Crippen molar-refractivity contribution in [2.75, 3.05) is 0 Å². The van der Waals surface area contributed by atoms with Crippen LogP contribution >= 0.6 is 15.9 Å². The average Bonchev–Trinajstić information content (AvgIpc) is 2.21. The van der Waals surface area contributed by atoms with E-state index in [0.717, 1.165) is 5.92 Å². The molecule has 1 aliphatic carbocycles. The zero-order chi connectivity index (χ0) is 12.9. The Hall–Kier alpha value is 0.480. The molecule has 0 amide bonds. The fourth-order valence-electron chi connectivity index (χ4n) is 3.09. The van der Waals surface area contributed by atoms with Gasteiger partial charge in [0.25, 0.3) is 0 Å². The summed E-state index contributed by atoms with van der Waals surface area (Å²) in [4.78, 5) is 0. The number of hydrogen-bond acceptors (Lipinski definition) is 0. The molecule has 1 heteroatoms. The van der Waals surface area contributed by atoms with Crippen molar-refractivity contribution in [2.24, 2.45) is 11.3 Å². The van der Waals surface area contributed by atoms with Crippen LogP contribution in [-0.2, 0) is 0 Å². The minimum atomic E-state index is 0.403. The summed E-state index contributed by atoms with van der Waals surface area (Å²) in [5.74, 6) is 0.920. The third-order valence-corrected chi connectivity index (χ3v) is 5.27. The summed E-state index contributed by atoms with van der Waals surface area (Å²) in [5.41, 5.74) is 0.497. The van der Waals surface area contributed by atoms with E-state index < -0.39 is 0 Å². The molecule has 1 saturated carbocycles. The lowest BCUT2D eigenvalue weighted by Gasteiger charge is -2.31. The molecule has 1 aliphatic rings. The van der Waals surface area contributed by atoms with Crippen LogP contribution in [0.3, 0.4) is 0 Å². The van der Waals surface area contributed by atoms with E-state index in [9.17, 15) is 0 Å². The molecule has 0 spiro atoms. The Morgan fingerprint density at radius 3 is 2.06 bits per heavy atom. The highest BCUT2D eigenvalue weighted by Gasteiger charge is 2.26. The van der Waals surface area contributed by atoms with Gasteiger partial charge in [-0.15, -0.1) is 0 Å². The molecule has 0 radical (unpaired) electrons. The van der Waals surface area contributed by atoms with Crippen LogP contribution in [0.5, 0.6) is 0 Å². The molecule has 0 nitrogen and oxygen atoms in total. The van der Waals surface area contributed by atoms with Crippen molar-refractivity contribution in [3.8, 4) is 0 Å². The fourth-order valence-corrected chi connectivity index (χ4v) is 3.65. The van der Waals surface area contributed by atoms with Crippen LogP contribution in [0, 0.1) is 11.3 Å². The van der Waals surface area contributed by atoms with Gasteiger partial charge in [0.1, 0.15) is 0 Å². The summed E-state index contributed by atoms with van der Waals surface area (Å²) in [5, 5.41) is 0. The molecule has 0 bridgehead atoms. The number of alkyl halides is 1. The second kappa shape index (κ2) is 6.59. The third kappa shape index (κ3) is 6.27. The smallest absolute Gasteiger partial charge is 0.0229 e. The standard InChI is InChI=1S/C16H31Br/c1-15(2,3)14-10-7-5-6-8-12-16(4,17)13-9-11-14/h14H,5-13H2,1-4H3. The van der Waals surface area contributed by atoms with Crippen LogP contribution in [0.2, 0.25) is 0 Å². The zero-order valence-corrected chi connectivity index (χ0v) is 13.9. The van der Waals surface area contributed by atoms with E-state index in [1.54, 1.807) is 0 Å². The van der Waals surface area contributed by atoms with Crippen molar-refractivity contribution in [1.82, 2.24) is 0 Å². The minimum absolute atomic E-state index is 0.403. The van der Waals surface area contributed by atoms with Crippen LogP contribution < -0.4 is 0 Å². The first kappa shape index (κ1) is 15.5. The molecule has 2 atom stereocenters. The van der Waals surface area contributed by atoms with Crippen molar-refractivity contribution in [3.63, 3.8) is 0 Å². The van der Waals surface area contributed by atoms with E-state index >= 15 is 0 Å². The summed E-state index contributed by atoms with van der Waals surface area (Å²) < 4.78 is 0.403. The summed E-state index contributed by atoms with van der Waals surface area (Å²) in [7, 11) is 0. The maximum absolute atomic E-state index is 3.93. The van der Waals surface area contributed by atoms with E-state index in [2.05, 4.69) is 43.6 Å². The van der Waals surface area contributed by atoms with Gasteiger partial charge in [0.15, 0.2) is 0 Å². The van der Waals surface area contributed by atoms with Gasteiger partial charge in [-0.25, -0.2) is 0 Å². The second-order valence-corrected chi connectivity index (χ2v) is 9.24. The lowest BCUT2D eigenvalue weighted by Crippen LogP contribution is -2.21. The van der Waals surface area contributed by atoms with Gasteiger partial charge in [-0.2, -0.15) is 0 Å². The van der Waals surface area contributed by atoms with Crippen molar-refractivity contribution >= 4 is 15.9 Å². The van der Waals surface area contributed by atoms with Crippen LogP contribution in [0.25, 0.3) is 0 Å². The molecule has 102 valence electrons. The first-order valence-electron chi connectivity index (χ1n) is 7.50. The van der Waals surface area contributed by atoms with Gasteiger partial charge in [-0.05, 0) is 43.9 Å². The Bertz CT molecular complexity index is 212. The summed E-state index contributed by atoms with van der Waals surface area (Å²) >= 11 is 3.93. The maximum atomic E-state index is 3.93. The third-order valence-electron chi connectivity index (χ3n) is 4.48. The molecule has 0 N–H and O–H groups in total. The van der Waals surface area contributed by atoms with E-state index in [1.807, 2.05) is 0 Å². The Morgan fingerprint density at radius 1 is 0.882 bits per heavy atom. The van der Waals surface area contributed by atoms with Crippen molar-refractivity contribution in [3.05, 3.63) is 0 Å². The number of rotatable bonds is 0. The van der Waals surface area contributed by atoms with Crippen molar-refractivity contribution < 1.29 is 0 Å². The average molecular weight is 303 g/mol. The Balaban J connectivity index is 2.55. The highest BCUT2D eigenvalue weighted by atomic mass is 79.9. The number of halogens is 1. The highest BCUT2D eigenvalue weighted by Crippen LogP contribution is 2.38. The largest absolute Gasteiger partial charge is 0.0856 e. The minimum Gasteiger partial charge on any atom is -0.0856 e. The highest BCUT2D eigenvalue weighted by molar-refractivity contribution is 9.10. The molecule has 0 aromatic rings. The Labute approximate surface area is 117 Å². The molecule has 0 saturated heterocycles. The van der Waals surface area contributed by atoms with Gasteiger partial charge in [0.05, 0.1) is 0 Å². The van der Waals surface area contributed by atoms with Gasteiger partial charge >= 0.3 is 0 Å². The van der Waals surface area contributed by atoms with E-state index in [1.165, 1.54) is 57.8 Å². The van der Waals surface area contributed by atoms with E-state index in [4.69, 9.17) is 0 Å². The Kier molecular flexibility index (Phi) is 6.02. The van der Waals surface area contributed by atoms with Crippen molar-refractivity contribution in [2.45, 2.75) is 89.8 Å². The molecule has 0 aromatic carbocycles.